The number of hydrogen-bond acceptors (Lipinski definition) is 2. The van der Waals surface area contributed by atoms with Gasteiger partial charge in [0.1, 0.15) is 5.60 Å². The van der Waals surface area contributed by atoms with Crippen LogP contribution in [0.1, 0.15) is 41.5 Å². The van der Waals surface area contributed by atoms with Gasteiger partial charge in [-0.15, -0.1) is 0 Å². The summed E-state index contributed by atoms with van der Waals surface area (Å²) in [4.78, 5) is 12.3. The summed E-state index contributed by atoms with van der Waals surface area (Å²) < 4.78 is 6.10. The van der Waals surface area contributed by atoms with Gasteiger partial charge in [-0.3, -0.25) is 4.79 Å². The molecule has 0 aromatic heterocycles. The van der Waals surface area contributed by atoms with Gasteiger partial charge in [0.2, 0.25) is 5.52 Å². The highest BCUT2D eigenvalue weighted by Crippen LogP contribution is 2.36. The molecule has 0 fully saturated rings. The molecule has 0 unspecified atom stereocenters. The van der Waals surface area contributed by atoms with Crippen LogP contribution in [0.2, 0.25) is 0 Å². The minimum Gasteiger partial charge on any atom is -0.356 e. The van der Waals surface area contributed by atoms with Crippen molar-refractivity contribution in [2.45, 2.75) is 52.7 Å². The van der Waals surface area contributed by atoms with Gasteiger partial charge >= 0.3 is 0 Å². The number of rotatable bonds is 2. The van der Waals surface area contributed by atoms with E-state index in [4.69, 9.17) is 4.74 Å². The van der Waals surface area contributed by atoms with Gasteiger partial charge in [-0.2, -0.15) is 0 Å². The number of ether oxygens (including phenoxy) is 1. The molecular weight excluding hydrogens is 255 g/mol. The molecule has 0 N–H and O–H groups in total. The Bertz CT molecular complexity index is 491. The Kier molecular flexibility index (Phi) is 4.71. The van der Waals surface area contributed by atoms with E-state index in [0.717, 1.165) is 16.4 Å². The SMILES string of the molecule is C=CC1=C(\C=C/C)C(C)(C)OC(C)(C)C(=O)/P=C\1C. The van der Waals surface area contributed by atoms with E-state index in [2.05, 4.69) is 6.58 Å². The lowest BCUT2D eigenvalue weighted by Gasteiger charge is -2.38. The number of carbonyl (C=O) groups excluding carboxylic acids is 1. The van der Waals surface area contributed by atoms with E-state index < -0.39 is 11.2 Å². The maximum atomic E-state index is 12.3. The minimum absolute atomic E-state index is 0.0805. The monoisotopic (exact) mass is 278 g/mol. The number of allylic oxidation sites excluding steroid dienone is 3. The van der Waals surface area contributed by atoms with Gasteiger partial charge in [-0.25, -0.2) is 0 Å². The molecule has 19 heavy (non-hydrogen) atoms. The second-order valence-corrected chi connectivity index (χ2v) is 6.96. The van der Waals surface area contributed by atoms with Crippen molar-refractivity contribution in [1.82, 2.24) is 0 Å². The first kappa shape index (κ1) is 16.1. The summed E-state index contributed by atoms with van der Waals surface area (Å²) >= 11 is 0. The van der Waals surface area contributed by atoms with Gasteiger partial charge in [0.05, 0.1) is 5.60 Å². The third kappa shape index (κ3) is 3.32. The molecule has 0 atom stereocenters. The van der Waals surface area contributed by atoms with E-state index >= 15 is 0 Å². The molecule has 0 aliphatic carbocycles. The quantitative estimate of drug-likeness (QED) is 0.704. The van der Waals surface area contributed by atoms with Crippen LogP contribution in [-0.2, 0) is 9.53 Å². The maximum Gasteiger partial charge on any atom is 0.212 e. The summed E-state index contributed by atoms with van der Waals surface area (Å²) in [6.45, 7) is 15.5. The molecule has 0 aromatic rings. The first-order valence-corrected chi connectivity index (χ1v) is 7.35. The third-order valence-electron chi connectivity index (χ3n) is 3.16. The molecule has 0 aromatic carbocycles. The van der Waals surface area contributed by atoms with Gasteiger partial charge in [0.15, 0.2) is 0 Å². The standard InChI is InChI=1S/C16H23O2P/c1-8-10-13-12(9-2)11(3)19-14(17)16(6,7)18-15(13,4)5/h8-10H,2H2,1,3-7H3/b10-8-,13-12-. The summed E-state index contributed by atoms with van der Waals surface area (Å²) in [5.41, 5.74) is 0.833. The Balaban J connectivity index is 3.61. The number of carbonyl (C=O) groups is 1. The molecule has 0 radical (unpaired) electrons. The Labute approximate surface area is 118 Å². The van der Waals surface area contributed by atoms with Crippen LogP contribution in [0, 0.1) is 0 Å². The van der Waals surface area contributed by atoms with Gasteiger partial charge in [0.25, 0.3) is 0 Å². The molecule has 0 bridgehead atoms. The minimum atomic E-state index is -0.786. The van der Waals surface area contributed by atoms with Gasteiger partial charge in [0, 0.05) is 0 Å². The van der Waals surface area contributed by atoms with E-state index in [1.807, 2.05) is 59.8 Å². The van der Waals surface area contributed by atoms with Crippen molar-refractivity contribution in [3.63, 3.8) is 0 Å². The summed E-state index contributed by atoms with van der Waals surface area (Å²) in [5, 5.41) is 1.03. The van der Waals surface area contributed by atoms with Gasteiger partial charge in [-0.05, 0) is 66.2 Å². The zero-order valence-corrected chi connectivity index (χ0v) is 13.6. The fourth-order valence-electron chi connectivity index (χ4n) is 2.32. The van der Waals surface area contributed by atoms with Crippen molar-refractivity contribution < 1.29 is 9.53 Å². The van der Waals surface area contributed by atoms with Crippen LogP contribution in [0.15, 0.2) is 36.0 Å². The van der Waals surface area contributed by atoms with Crippen LogP contribution in [0.3, 0.4) is 0 Å². The highest BCUT2D eigenvalue weighted by atomic mass is 31.1. The zero-order valence-electron chi connectivity index (χ0n) is 12.7. The third-order valence-corrected chi connectivity index (χ3v) is 4.48. The lowest BCUT2D eigenvalue weighted by molar-refractivity contribution is -0.145. The number of hydrogen-bond donors (Lipinski definition) is 0. The Hall–Kier alpha value is -0.980. The predicted octanol–water partition coefficient (Wildman–Crippen LogP) is 4.30. The van der Waals surface area contributed by atoms with E-state index in [-0.39, 0.29) is 5.52 Å². The average Bonchev–Trinajstić information content (AvgIpc) is 2.26. The molecule has 104 valence electrons. The van der Waals surface area contributed by atoms with Crippen LogP contribution >= 0.6 is 8.20 Å². The van der Waals surface area contributed by atoms with E-state index in [1.54, 1.807) is 0 Å². The van der Waals surface area contributed by atoms with Crippen LogP contribution in [0.25, 0.3) is 0 Å². The fourth-order valence-corrected chi connectivity index (χ4v) is 3.27. The fraction of sp³-hybridized carbons (Fsp3) is 0.500. The molecule has 0 saturated carbocycles. The van der Waals surface area contributed by atoms with Gasteiger partial charge in [-0.1, -0.05) is 24.8 Å². The highest BCUT2D eigenvalue weighted by molar-refractivity contribution is 7.59. The average molecular weight is 278 g/mol. The summed E-state index contributed by atoms with van der Waals surface area (Å²) in [5.74, 6) is 0. The molecule has 1 aliphatic rings. The van der Waals surface area contributed by atoms with E-state index in [0.29, 0.717) is 8.20 Å². The predicted molar refractivity (Wildman–Crippen MR) is 83.9 cm³/mol. The Morgan fingerprint density at radius 3 is 2.26 bits per heavy atom. The molecule has 2 nitrogen and oxygen atoms in total. The molecule has 0 amide bonds. The second kappa shape index (κ2) is 5.56. The summed E-state index contributed by atoms with van der Waals surface area (Å²) in [6, 6.07) is 0. The van der Waals surface area contributed by atoms with Crippen molar-refractivity contribution in [3.8, 4) is 0 Å². The van der Waals surface area contributed by atoms with E-state index in [9.17, 15) is 4.79 Å². The molecule has 0 saturated heterocycles. The van der Waals surface area contributed by atoms with Gasteiger partial charge < -0.3 is 4.74 Å². The summed E-state index contributed by atoms with van der Waals surface area (Å²) in [6.07, 6.45) is 5.85. The molecule has 1 heterocycles. The maximum absolute atomic E-state index is 12.3. The molecule has 3 heteroatoms. The van der Waals surface area contributed by atoms with Crippen molar-refractivity contribution in [1.29, 1.82) is 0 Å². The molecular formula is C16H23O2P. The molecule has 1 aliphatic heterocycles. The lowest BCUT2D eigenvalue weighted by atomic mass is 9.89. The Morgan fingerprint density at radius 1 is 1.21 bits per heavy atom. The first-order valence-electron chi connectivity index (χ1n) is 6.46. The largest absolute Gasteiger partial charge is 0.356 e. The summed E-state index contributed by atoms with van der Waals surface area (Å²) in [7, 11) is 0.684. The van der Waals surface area contributed by atoms with Crippen LogP contribution in [0.5, 0.6) is 0 Å². The van der Waals surface area contributed by atoms with E-state index in [1.165, 1.54) is 0 Å². The highest BCUT2D eigenvalue weighted by Gasteiger charge is 2.38. The lowest BCUT2D eigenvalue weighted by Crippen LogP contribution is -2.43. The van der Waals surface area contributed by atoms with Crippen LogP contribution < -0.4 is 0 Å². The second-order valence-electron chi connectivity index (χ2n) is 5.66. The van der Waals surface area contributed by atoms with Crippen molar-refractivity contribution in [2.75, 3.05) is 0 Å². The van der Waals surface area contributed by atoms with Crippen molar-refractivity contribution in [3.05, 3.63) is 36.0 Å². The molecule has 1 rings (SSSR count). The smallest absolute Gasteiger partial charge is 0.212 e. The van der Waals surface area contributed by atoms with Crippen molar-refractivity contribution >= 4 is 19.0 Å². The normalized spacial score (nSPS) is 29.6. The molecule has 0 spiro atoms. The van der Waals surface area contributed by atoms with Crippen LogP contribution in [0.4, 0.5) is 0 Å². The van der Waals surface area contributed by atoms with Crippen molar-refractivity contribution in [2.24, 2.45) is 0 Å². The Morgan fingerprint density at radius 2 is 1.79 bits per heavy atom. The first-order chi connectivity index (χ1) is 8.65. The topological polar surface area (TPSA) is 26.3 Å². The van der Waals surface area contributed by atoms with Crippen LogP contribution in [-0.4, -0.2) is 22.0 Å². The zero-order chi connectivity index (χ0) is 14.8.